The summed E-state index contributed by atoms with van der Waals surface area (Å²) >= 11 is 2.97. The Morgan fingerprint density at radius 1 is 1.37 bits per heavy atom. The van der Waals surface area contributed by atoms with Gasteiger partial charge in [0.1, 0.15) is 6.04 Å². The van der Waals surface area contributed by atoms with Crippen LogP contribution in [0.25, 0.3) is 9.40 Å². The molecule has 2 heterocycles. The fraction of sp³-hybridized carbons (Fsp3) is 0.385. The number of amides is 1. The van der Waals surface area contributed by atoms with Gasteiger partial charge in [0.2, 0.25) is 0 Å². The second-order valence-electron chi connectivity index (χ2n) is 4.75. The molecule has 19 heavy (non-hydrogen) atoms. The average molecular weight is 297 g/mol. The lowest BCUT2D eigenvalue weighted by molar-refractivity contribution is -0.139. The molecule has 0 unspecified atom stereocenters. The van der Waals surface area contributed by atoms with Crippen molar-refractivity contribution in [2.75, 3.05) is 0 Å². The summed E-state index contributed by atoms with van der Waals surface area (Å²) in [5.41, 5.74) is 0. The second kappa shape index (κ2) is 5.71. The van der Waals surface area contributed by atoms with Crippen LogP contribution in [0.1, 0.15) is 29.9 Å². The first-order chi connectivity index (χ1) is 8.97. The molecule has 1 amide bonds. The van der Waals surface area contributed by atoms with Gasteiger partial charge < -0.3 is 10.4 Å². The van der Waals surface area contributed by atoms with Crippen molar-refractivity contribution < 1.29 is 14.7 Å². The van der Waals surface area contributed by atoms with E-state index in [4.69, 9.17) is 5.11 Å². The van der Waals surface area contributed by atoms with Crippen LogP contribution in [0.4, 0.5) is 0 Å². The number of thiophene rings is 2. The quantitative estimate of drug-likeness (QED) is 0.890. The fourth-order valence-electron chi connectivity index (χ4n) is 1.80. The van der Waals surface area contributed by atoms with E-state index in [9.17, 15) is 9.59 Å². The van der Waals surface area contributed by atoms with Crippen molar-refractivity contribution in [3.05, 3.63) is 22.4 Å². The molecule has 0 bridgehead atoms. The van der Waals surface area contributed by atoms with E-state index < -0.39 is 12.0 Å². The van der Waals surface area contributed by atoms with Crippen LogP contribution >= 0.6 is 22.7 Å². The van der Waals surface area contributed by atoms with Crippen LogP contribution in [0.3, 0.4) is 0 Å². The SMILES string of the molecule is CC(C)C[C@@H](NC(=O)c1cc2sccc2s1)C(=O)O. The van der Waals surface area contributed by atoms with Crippen LogP contribution < -0.4 is 5.32 Å². The van der Waals surface area contributed by atoms with E-state index in [1.165, 1.54) is 11.3 Å². The average Bonchev–Trinajstić information content (AvgIpc) is 2.86. The summed E-state index contributed by atoms with van der Waals surface area (Å²) < 4.78 is 2.12. The molecule has 0 fully saturated rings. The van der Waals surface area contributed by atoms with E-state index in [0.717, 1.165) is 9.40 Å². The van der Waals surface area contributed by atoms with Gasteiger partial charge in [0.15, 0.2) is 0 Å². The third-order valence-corrected chi connectivity index (χ3v) is 4.77. The summed E-state index contributed by atoms with van der Waals surface area (Å²) in [7, 11) is 0. The number of nitrogens with one attached hydrogen (secondary N) is 1. The highest BCUT2D eigenvalue weighted by molar-refractivity contribution is 7.27. The molecule has 2 N–H and O–H groups in total. The molecule has 2 aromatic heterocycles. The van der Waals surface area contributed by atoms with Crippen LogP contribution in [0.5, 0.6) is 0 Å². The summed E-state index contributed by atoms with van der Waals surface area (Å²) in [6, 6.07) is 2.95. The van der Waals surface area contributed by atoms with Gasteiger partial charge in [-0.05, 0) is 29.9 Å². The summed E-state index contributed by atoms with van der Waals surface area (Å²) in [5, 5.41) is 13.7. The van der Waals surface area contributed by atoms with Crippen molar-refractivity contribution in [1.82, 2.24) is 5.32 Å². The van der Waals surface area contributed by atoms with E-state index in [-0.39, 0.29) is 11.8 Å². The molecule has 0 saturated heterocycles. The monoisotopic (exact) mass is 297 g/mol. The van der Waals surface area contributed by atoms with Gasteiger partial charge in [0.05, 0.1) is 4.88 Å². The van der Waals surface area contributed by atoms with Crippen molar-refractivity contribution in [2.45, 2.75) is 26.3 Å². The number of aliphatic carboxylic acids is 1. The van der Waals surface area contributed by atoms with Crippen molar-refractivity contribution in [3.63, 3.8) is 0 Å². The van der Waals surface area contributed by atoms with Gasteiger partial charge in [-0.3, -0.25) is 4.79 Å². The third-order valence-electron chi connectivity index (χ3n) is 2.67. The van der Waals surface area contributed by atoms with Crippen molar-refractivity contribution in [1.29, 1.82) is 0 Å². The Balaban J connectivity index is 2.10. The maximum atomic E-state index is 12.0. The Kier molecular flexibility index (Phi) is 4.21. The fourth-order valence-corrected chi connectivity index (χ4v) is 3.81. The zero-order valence-electron chi connectivity index (χ0n) is 10.7. The first kappa shape index (κ1) is 14.0. The van der Waals surface area contributed by atoms with Crippen LogP contribution in [0, 0.1) is 5.92 Å². The molecule has 4 nitrogen and oxygen atoms in total. The summed E-state index contributed by atoms with van der Waals surface area (Å²) in [6.07, 6.45) is 0.431. The predicted octanol–water partition coefficient (Wildman–Crippen LogP) is 3.19. The molecule has 0 aliphatic rings. The normalized spacial score (nSPS) is 12.8. The largest absolute Gasteiger partial charge is 0.480 e. The summed E-state index contributed by atoms with van der Waals surface area (Å²) in [4.78, 5) is 23.7. The topological polar surface area (TPSA) is 66.4 Å². The number of carbonyl (C=O) groups is 2. The Labute approximate surface area is 119 Å². The standard InChI is InChI=1S/C13H15NO3S2/c1-7(2)5-8(13(16)17)14-12(15)11-6-10-9(19-11)3-4-18-10/h3-4,6-8H,5H2,1-2H3,(H,14,15)(H,16,17)/t8-/m1/s1. The van der Waals surface area contributed by atoms with Crippen molar-refractivity contribution in [2.24, 2.45) is 5.92 Å². The minimum atomic E-state index is -0.986. The molecular weight excluding hydrogens is 282 g/mol. The number of hydrogen-bond donors (Lipinski definition) is 2. The van der Waals surface area contributed by atoms with E-state index >= 15 is 0 Å². The van der Waals surface area contributed by atoms with Crippen molar-refractivity contribution in [3.8, 4) is 0 Å². The number of rotatable bonds is 5. The zero-order valence-corrected chi connectivity index (χ0v) is 12.3. The molecule has 102 valence electrons. The third kappa shape index (κ3) is 3.33. The summed E-state index contributed by atoms with van der Waals surface area (Å²) in [5.74, 6) is -1.07. The lowest BCUT2D eigenvalue weighted by atomic mass is 10.0. The molecule has 2 aromatic rings. The smallest absolute Gasteiger partial charge is 0.326 e. The highest BCUT2D eigenvalue weighted by Crippen LogP contribution is 2.29. The van der Waals surface area contributed by atoms with E-state index in [0.29, 0.717) is 11.3 Å². The molecule has 0 saturated carbocycles. The molecule has 1 atom stereocenters. The van der Waals surface area contributed by atoms with Crippen LogP contribution in [0.15, 0.2) is 17.5 Å². The molecule has 0 aliphatic heterocycles. The minimum Gasteiger partial charge on any atom is -0.480 e. The number of fused-ring (bicyclic) bond motifs is 1. The highest BCUT2D eigenvalue weighted by Gasteiger charge is 2.22. The number of carboxylic acid groups (broad SMARTS) is 1. The molecule has 0 aromatic carbocycles. The molecule has 0 aliphatic carbocycles. The Morgan fingerprint density at radius 2 is 2.11 bits per heavy atom. The Hall–Kier alpha value is -1.40. The van der Waals surface area contributed by atoms with E-state index in [2.05, 4.69) is 5.32 Å². The van der Waals surface area contributed by atoms with Gasteiger partial charge in [-0.15, -0.1) is 22.7 Å². The summed E-state index contributed by atoms with van der Waals surface area (Å²) in [6.45, 7) is 3.87. The van der Waals surface area contributed by atoms with Crippen LogP contribution in [-0.4, -0.2) is 23.0 Å². The van der Waals surface area contributed by atoms with E-state index in [1.807, 2.05) is 31.4 Å². The number of carbonyl (C=O) groups excluding carboxylic acids is 1. The lowest BCUT2D eigenvalue weighted by Crippen LogP contribution is -2.41. The Bertz CT molecular complexity index is 571. The Morgan fingerprint density at radius 3 is 2.68 bits per heavy atom. The van der Waals surface area contributed by atoms with Gasteiger partial charge in [-0.2, -0.15) is 0 Å². The van der Waals surface area contributed by atoms with Gasteiger partial charge >= 0.3 is 5.97 Å². The van der Waals surface area contributed by atoms with Crippen LogP contribution in [-0.2, 0) is 4.79 Å². The first-order valence-electron chi connectivity index (χ1n) is 5.98. The van der Waals surface area contributed by atoms with E-state index in [1.54, 1.807) is 11.3 Å². The molecule has 0 spiro atoms. The van der Waals surface area contributed by atoms with Crippen LogP contribution in [0.2, 0.25) is 0 Å². The predicted molar refractivity (Wildman–Crippen MR) is 78.0 cm³/mol. The molecule has 6 heteroatoms. The molecular formula is C13H15NO3S2. The number of carboxylic acids is 1. The van der Waals surface area contributed by atoms with Gasteiger partial charge in [0, 0.05) is 9.40 Å². The number of hydrogen-bond acceptors (Lipinski definition) is 4. The van der Waals surface area contributed by atoms with Gasteiger partial charge in [-0.25, -0.2) is 4.79 Å². The van der Waals surface area contributed by atoms with Gasteiger partial charge in [-0.1, -0.05) is 13.8 Å². The maximum absolute atomic E-state index is 12.0. The van der Waals surface area contributed by atoms with Gasteiger partial charge in [0.25, 0.3) is 5.91 Å². The minimum absolute atomic E-state index is 0.216. The van der Waals surface area contributed by atoms with Crippen molar-refractivity contribution >= 4 is 43.9 Å². The second-order valence-corrected chi connectivity index (χ2v) is 6.79. The zero-order chi connectivity index (χ0) is 14.0. The molecule has 2 rings (SSSR count). The lowest BCUT2D eigenvalue weighted by Gasteiger charge is -2.15. The maximum Gasteiger partial charge on any atom is 0.326 e. The first-order valence-corrected chi connectivity index (χ1v) is 7.67. The molecule has 0 radical (unpaired) electrons. The highest BCUT2D eigenvalue weighted by atomic mass is 32.1.